The molecular formula is C19H19N3O2. The Bertz CT molecular complexity index is 785. The summed E-state index contributed by atoms with van der Waals surface area (Å²) < 4.78 is 13.7. The summed E-state index contributed by atoms with van der Waals surface area (Å²) in [6, 6.07) is 16.2. The summed E-state index contributed by atoms with van der Waals surface area (Å²) in [5.41, 5.74) is 2.34. The van der Waals surface area contributed by atoms with Crippen LogP contribution in [0.3, 0.4) is 0 Å². The minimum absolute atomic E-state index is 0.0325. The second-order valence-electron chi connectivity index (χ2n) is 5.76. The standard InChI is InChI=1S/C19H19N3O2/c1-2-4-19-18(3-1)23-13-17(24-19)12-21-11-15-5-7-16(8-6-15)22-10-9-20-14-22/h1-10,14,17,21H,11-13H2. The Morgan fingerprint density at radius 3 is 2.71 bits per heavy atom. The van der Waals surface area contributed by atoms with Crippen molar-refractivity contribution in [1.82, 2.24) is 14.9 Å². The first-order chi connectivity index (χ1) is 11.9. The molecule has 1 N–H and O–H groups in total. The number of nitrogens with one attached hydrogen (secondary N) is 1. The topological polar surface area (TPSA) is 48.3 Å². The number of rotatable bonds is 5. The molecule has 5 nitrogen and oxygen atoms in total. The number of benzene rings is 2. The van der Waals surface area contributed by atoms with Crippen LogP contribution < -0.4 is 14.8 Å². The van der Waals surface area contributed by atoms with Crippen molar-refractivity contribution in [2.45, 2.75) is 12.6 Å². The van der Waals surface area contributed by atoms with Crippen molar-refractivity contribution < 1.29 is 9.47 Å². The zero-order chi connectivity index (χ0) is 16.2. The molecule has 0 saturated carbocycles. The van der Waals surface area contributed by atoms with Gasteiger partial charge in [0.15, 0.2) is 11.5 Å². The molecular weight excluding hydrogens is 302 g/mol. The molecule has 0 saturated heterocycles. The number of hydrogen-bond donors (Lipinski definition) is 1. The van der Waals surface area contributed by atoms with Crippen molar-refractivity contribution in [2.75, 3.05) is 13.2 Å². The van der Waals surface area contributed by atoms with Crippen LogP contribution in [0.2, 0.25) is 0 Å². The van der Waals surface area contributed by atoms with Gasteiger partial charge in [-0.1, -0.05) is 24.3 Å². The van der Waals surface area contributed by atoms with Gasteiger partial charge in [-0.15, -0.1) is 0 Å². The maximum atomic E-state index is 5.94. The molecule has 24 heavy (non-hydrogen) atoms. The maximum absolute atomic E-state index is 5.94. The molecule has 2 aromatic carbocycles. The largest absolute Gasteiger partial charge is 0.486 e. The first-order valence-electron chi connectivity index (χ1n) is 8.05. The van der Waals surface area contributed by atoms with Gasteiger partial charge in [-0.25, -0.2) is 4.98 Å². The fourth-order valence-electron chi connectivity index (χ4n) is 2.74. The molecule has 0 amide bonds. The molecule has 2 heterocycles. The molecule has 0 fully saturated rings. The van der Waals surface area contributed by atoms with E-state index in [1.165, 1.54) is 5.56 Å². The third-order valence-electron chi connectivity index (χ3n) is 4.01. The lowest BCUT2D eigenvalue weighted by Gasteiger charge is -2.26. The van der Waals surface area contributed by atoms with Gasteiger partial charge in [0.2, 0.25) is 0 Å². The van der Waals surface area contributed by atoms with Gasteiger partial charge in [0.05, 0.1) is 6.33 Å². The van der Waals surface area contributed by atoms with E-state index < -0.39 is 0 Å². The average molecular weight is 321 g/mol. The third-order valence-corrected chi connectivity index (χ3v) is 4.01. The Labute approximate surface area is 140 Å². The number of imidazole rings is 1. The smallest absolute Gasteiger partial charge is 0.161 e. The highest BCUT2D eigenvalue weighted by Gasteiger charge is 2.19. The summed E-state index contributed by atoms with van der Waals surface area (Å²) >= 11 is 0. The molecule has 0 radical (unpaired) electrons. The first kappa shape index (κ1) is 14.8. The lowest BCUT2D eigenvalue weighted by atomic mass is 10.2. The minimum atomic E-state index is 0.0325. The molecule has 0 aliphatic carbocycles. The van der Waals surface area contributed by atoms with Gasteiger partial charge in [0, 0.05) is 31.2 Å². The molecule has 5 heteroatoms. The van der Waals surface area contributed by atoms with Crippen molar-refractivity contribution in [3.8, 4) is 17.2 Å². The molecule has 1 atom stereocenters. The number of aromatic nitrogens is 2. The summed E-state index contributed by atoms with van der Waals surface area (Å²) in [6.45, 7) is 2.12. The molecule has 0 spiro atoms. The molecule has 1 aliphatic heterocycles. The number of fused-ring (bicyclic) bond motifs is 1. The molecule has 4 rings (SSSR count). The van der Waals surface area contributed by atoms with Gasteiger partial charge in [0.1, 0.15) is 12.7 Å². The number of ether oxygens (including phenoxy) is 2. The van der Waals surface area contributed by atoms with Crippen molar-refractivity contribution in [3.63, 3.8) is 0 Å². The van der Waals surface area contributed by atoms with Gasteiger partial charge in [0.25, 0.3) is 0 Å². The number of nitrogens with zero attached hydrogens (tertiary/aromatic N) is 2. The number of hydrogen-bond acceptors (Lipinski definition) is 4. The van der Waals surface area contributed by atoms with Gasteiger partial charge < -0.3 is 19.4 Å². The third kappa shape index (κ3) is 3.26. The van der Waals surface area contributed by atoms with E-state index >= 15 is 0 Å². The second kappa shape index (κ2) is 6.76. The van der Waals surface area contributed by atoms with E-state index in [-0.39, 0.29) is 6.10 Å². The highest BCUT2D eigenvalue weighted by molar-refractivity contribution is 5.40. The van der Waals surface area contributed by atoms with E-state index in [1.807, 2.05) is 35.0 Å². The highest BCUT2D eigenvalue weighted by Crippen LogP contribution is 2.30. The first-order valence-corrected chi connectivity index (χ1v) is 8.05. The van der Waals surface area contributed by atoms with E-state index in [9.17, 15) is 0 Å². The van der Waals surface area contributed by atoms with Crippen molar-refractivity contribution >= 4 is 0 Å². The van der Waals surface area contributed by atoms with Crippen LogP contribution in [0.4, 0.5) is 0 Å². The lowest BCUT2D eigenvalue weighted by Crippen LogP contribution is -2.38. The molecule has 3 aromatic rings. The Balaban J connectivity index is 1.29. The zero-order valence-corrected chi connectivity index (χ0v) is 13.3. The van der Waals surface area contributed by atoms with Crippen LogP contribution in [0.1, 0.15) is 5.56 Å². The van der Waals surface area contributed by atoms with Crippen LogP contribution in [0.5, 0.6) is 11.5 Å². The van der Waals surface area contributed by atoms with Crippen LogP contribution in [0.15, 0.2) is 67.3 Å². The molecule has 1 unspecified atom stereocenters. The monoisotopic (exact) mass is 321 g/mol. The quantitative estimate of drug-likeness (QED) is 0.785. The minimum Gasteiger partial charge on any atom is -0.486 e. The summed E-state index contributed by atoms with van der Waals surface area (Å²) in [6.07, 6.45) is 5.54. The summed E-state index contributed by atoms with van der Waals surface area (Å²) in [4.78, 5) is 4.06. The SMILES string of the molecule is c1ccc2c(c1)OCC(CNCc1ccc(-n3ccnc3)cc1)O2. The van der Waals surface area contributed by atoms with Gasteiger partial charge in [-0.2, -0.15) is 0 Å². The predicted octanol–water partition coefficient (Wildman–Crippen LogP) is 2.80. The Morgan fingerprint density at radius 1 is 1.08 bits per heavy atom. The van der Waals surface area contributed by atoms with Crippen molar-refractivity contribution in [3.05, 3.63) is 72.8 Å². The average Bonchev–Trinajstić information content (AvgIpc) is 3.17. The second-order valence-corrected chi connectivity index (χ2v) is 5.76. The fourth-order valence-corrected chi connectivity index (χ4v) is 2.74. The summed E-state index contributed by atoms with van der Waals surface area (Å²) in [5.74, 6) is 1.64. The molecule has 122 valence electrons. The van der Waals surface area contributed by atoms with Crippen LogP contribution in [-0.4, -0.2) is 28.8 Å². The van der Waals surface area contributed by atoms with E-state index in [4.69, 9.17) is 9.47 Å². The fraction of sp³-hybridized carbons (Fsp3) is 0.211. The van der Waals surface area contributed by atoms with Crippen LogP contribution in [0, 0.1) is 0 Å². The highest BCUT2D eigenvalue weighted by atomic mass is 16.6. The van der Waals surface area contributed by atoms with Crippen molar-refractivity contribution in [1.29, 1.82) is 0 Å². The molecule has 1 aliphatic rings. The van der Waals surface area contributed by atoms with Gasteiger partial charge >= 0.3 is 0 Å². The van der Waals surface area contributed by atoms with Crippen LogP contribution in [-0.2, 0) is 6.54 Å². The Hall–Kier alpha value is -2.79. The van der Waals surface area contributed by atoms with E-state index in [1.54, 1.807) is 12.5 Å². The Kier molecular flexibility index (Phi) is 4.16. The van der Waals surface area contributed by atoms with Gasteiger partial charge in [-0.05, 0) is 29.8 Å². The number of para-hydroxylation sites is 2. The van der Waals surface area contributed by atoms with Gasteiger partial charge in [-0.3, -0.25) is 0 Å². The molecule has 0 bridgehead atoms. The maximum Gasteiger partial charge on any atom is 0.161 e. The predicted molar refractivity (Wildman–Crippen MR) is 91.6 cm³/mol. The Morgan fingerprint density at radius 2 is 1.92 bits per heavy atom. The summed E-state index contributed by atoms with van der Waals surface area (Å²) in [5, 5.41) is 3.43. The lowest BCUT2D eigenvalue weighted by molar-refractivity contribution is 0.0902. The molecule has 1 aromatic heterocycles. The van der Waals surface area contributed by atoms with Crippen LogP contribution in [0.25, 0.3) is 5.69 Å². The van der Waals surface area contributed by atoms with Crippen LogP contribution >= 0.6 is 0 Å². The van der Waals surface area contributed by atoms with E-state index in [0.29, 0.717) is 6.61 Å². The van der Waals surface area contributed by atoms with Crippen molar-refractivity contribution in [2.24, 2.45) is 0 Å². The summed E-state index contributed by atoms with van der Waals surface area (Å²) in [7, 11) is 0. The van der Waals surface area contributed by atoms with E-state index in [2.05, 4.69) is 34.6 Å². The normalized spacial score (nSPS) is 16.1. The van der Waals surface area contributed by atoms with E-state index in [0.717, 1.165) is 30.3 Å². The zero-order valence-electron chi connectivity index (χ0n) is 13.3.